The highest BCUT2D eigenvalue weighted by atomic mass is 32.2. The molecule has 1 aromatic heterocycles. The highest BCUT2D eigenvalue weighted by Gasteiger charge is 2.30. The van der Waals surface area contributed by atoms with Gasteiger partial charge in [0, 0.05) is 12.6 Å². The lowest BCUT2D eigenvalue weighted by Gasteiger charge is -2.30. The van der Waals surface area contributed by atoms with Crippen LogP contribution < -0.4 is 0 Å². The first kappa shape index (κ1) is 11.2. The maximum Gasteiger partial charge on any atom is 0.260 e. The van der Waals surface area contributed by atoms with Crippen molar-refractivity contribution in [1.29, 1.82) is 0 Å². The van der Waals surface area contributed by atoms with Crippen LogP contribution in [0.3, 0.4) is 0 Å². The molecular weight excluding hydrogens is 202 g/mol. The monoisotopic (exact) mass is 217 g/mol. The van der Waals surface area contributed by atoms with E-state index >= 15 is 0 Å². The molecule has 0 spiro atoms. The molecule has 0 bridgehead atoms. The van der Waals surface area contributed by atoms with Crippen LogP contribution in [0.25, 0.3) is 0 Å². The van der Waals surface area contributed by atoms with Gasteiger partial charge in [-0.15, -0.1) is 0 Å². The number of hydrogen-bond donors (Lipinski definition) is 1. The van der Waals surface area contributed by atoms with Crippen LogP contribution in [0.4, 0.5) is 0 Å². The lowest BCUT2D eigenvalue weighted by molar-refractivity contribution is 0.291. The van der Waals surface area contributed by atoms with E-state index in [1.165, 1.54) is 16.6 Å². The number of hydrogen-bond acceptors (Lipinski definition) is 3. The summed E-state index contributed by atoms with van der Waals surface area (Å²) in [7, 11) is -1.89. The Morgan fingerprint density at radius 2 is 2.00 bits per heavy atom. The van der Waals surface area contributed by atoms with Gasteiger partial charge in [0.25, 0.3) is 10.0 Å². The number of aromatic nitrogens is 2. The lowest BCUT2D eigenvalue weighted by Crippen LogP contribution is -2.42. The first-order valence-corrected chi connectivity index (χ1v) is 5.68. The van der Waals surface area contributed by atoms with Crippen molar-refractivity contribution in [2.24, 2.45) is 0 Å². The van der Waals surface area contributed by atoms with Crippen molar-refractivity contribution < 1.29 is 8.42 Å². The minimum absolute atomic E-state index is 0.120. The quantitative estimate of drug-likeness (QED) is 0.798. The van der Waals surface area contributed by atoms with Crippen LogP contribution >= 0.6 is 0 Å². The van der Waals surface area contributed by atoms with Gasteiger partial charge in [-0.05, 0) is 26.8 Å². The highest BCUT2D eigenvalue weighted by molar-refractivity contribution is 7.89. The molecule has 0 amide bonds. The van der Waals surface area contributed by atoms with Crippen LogP contribution in [0.15, 0.2) is 17.3 Å². The van der Waals surface area contributed by atoms with E-state index in [0.717, 1.165) is 0 Å². The smallest absolute Gasteiger partial charge is 0.260 e. The molecule has 0 aliphatic rings. The van der Waals surface area contributed by atoms with E-state index in [0.29, 0.717) is 0 Å². The number of nitrogens with zero attached hydrogens (tertiary/aromatic N) is 2. The van der Waals surface area contributed by atoms with E-state index in [2.05, 4.69) is 10.2 Å². The molecule has 14 heavy (non-hydrogen) atoms. The highest BCUT2D eigenvalue weighted by Crippen LogP contribution is 2.20. The maximum atomic E-state index is 11.9. The molecule has 0 aliphatic carbocycles. The van der Waals surface area contributed by atoms with E-state index in [1.54, 1.807) is 7.05 Å². The van der Waals surface area contributed by atoms with Gasteiger partial charge < -0.3 is 0 Å². The summed E-state index contributed by atoms with van der Waals surface area (Å²) in [5.41, 5.74) is -0.441. The molecule has 6 heteroatoms. The van der Waals surface area contributed by atoms with E-state index in [9.17, 15) is 8.42 Å². The van der Waals surface area contributed by atoms with Gasteiger partial charge in [-0.2, -0.15) is 9.40 Å². The van der Waals surface area contributed by atoms with E-state index in [4.69, 9.17) is 0 Å². The van der Waals surface area contributed by atoms with Crippen molar-refractivity contribution >= 4 is 10.0 Å². The SMILES string of the molecule is CN(C(C)(C)C)S(=O)(=O)c1ccn[nH]1. The molecule has 0 saturated heterocycles. The Morgan fingerprint density at radius 3 is 2.36 bits per heavy atom. The van der Waals surface area contributed by atoms with Gasteiger partial charge in [-0.25, -0.2) is 8.42 Å². The number of H-pyrrole nitrogens is 1. The van der Waals surface area contributed by atoms with Crippen LogP contribution in [-0.4, -0.2) is 35.5 Å². The predicted octanol–water partition coefficient (Wildman–Crippen LogP) is 0.829. The Kier molecular flexibility index (Phi) is 2.69. The van der Waals surface area contributed by atoms with Crippen molar-refractivity contribution in [3.8, 4) is 0 Å². The zero-order valence-corrected chi connectivity index (χ0v) is 9.59. The van der Waals surface area contributed by atoms with Gasteiger partial charge in [0.2, 0.25) is 0 Å². The standard InChI is InChI=1S/C8H15N3O2S/c1-8(2,3)11(4)14(12,13)7-5-6-9-10-7/h5-6H,1-4H3,(H,9,10). The van der Waals surface area contributed by atoms with Gasteiger partial charge in [0.05, 0.1) is 6.20 Å². The second-order valence-corrected chi connectivity index (χ2v) is 6.00. The number of rotatable bonds is 2. The Labute approximate surface area is 84.2 Å². The van der Waals surface area contributed by atoms with E-state index < -0.39 is 15.6 Å². The summed E-state index contributed by atoms with van der Waals surface area (Å²) in [6.45, 7) is 5.50. The molecule has 1 heterocycles. The molecule has 0 aliphatic heterocycles. The fraction of sp³-hybridized carbons (Fsp3) is 0.625. The average molecular weight is 217 g/mol. The molecule has 1 aromatic rings. The molecular formula is C8H15N3O2S. The van der Waals surface area contributed by atoms with Crippen LogP contribution in [0, 0.1) is 0 Å². The van der Waals surface area contributed by atoms with E-state index in [1.807, 2.05) is 20.8 Å². The van der Waals surface area contributed by atoms with Crippen molar-refractivity contribution in [2.45, 2.75) is 31.3 Å². The largest absolute Gasteiger partial charge is 0.266 e. The van der Waals surface area contributed by atoms with Crippen molar-refractivity contribution in [2.75, 3.05) is 7.05 Å². The van der Waals surface area contributed by atoms with Crippen LogP contribution in [0.5, 0.6) is 0 Å². The first-order chi connectivity index (χ1) is 6.26. The van der Waals surface area contributed by atoms with Crippen molar-refractivity contribution in [1.82, 2.24) is 14.5 Å². The second-order valence-electron chi connectivity index (χ2n) is 4.06. The third-order valence-electron chi connectivity index (χ3n) is 2.06. The normalized spacial score (nSPS) is 13.5. The van der Waals surface area contributed by atoms with Crippen molar-refractivity contribution in [3.63, 3.8) is 0 Å². The topological polar surface area (TPSA) is 66.1 Å². The third kappa shape index (κ3) is 1.96. The predicted molar refractivity (Wildman–Crippen MR) is 53.3 cm³/mol. The van der Waals surface area contributed by atoms with Crippen molar-refractivity contribution in [3.05, 3.63) is 12.3 Å². The fourth-order valence-corrected chi connectivity index (χ4v) is 2.31. The molecule has 0 unspecified atom stereocenters. The molecule has 0 saturated carbocycles. The van der Waals surface area contributed by atoms with Crippen LogP contribution in [0.2, 0.25) is 0 Å². The number of nitrogens with one attached hydrogen (secondary N) is 1. The molecule has 80 valence electrons. The summed E-state index contributed by atoms with van der Waals surface area (Å²) in [5.74, 6) is 0. The summed E-state index contributed by atoms with van der Waals surface area (Å²) in [6.07, 6.45) is 1.42. The zero-order valence-electron chi connectivity index (χ0n) is 8.77. The summed E-state index contributed by atoms with van der Waals surface area (Å²) in [5, 5.41) is 6.19. The van der Waals surface area contributed by atoms with Gasteiger partial charge >= 0.3 is 0 Å². The molecule has 0 fully saturated rings. The van der Waals surface area contributed by atoms with Gasteiger partial charge in [-0.3, -0.25) is 5.10 Å². The number of sulfonamides is 1. The first-order valence-electron chi connectivity index (χ1n) is 4.24. The molecule has 0 radical (unpaired) electrons. The number of aromatic amines is 1. The third-order valence-corrected chi connectivity index (χ3v) is 4.11. The summed E-state index contributed by atoms with van der Waals surface area (Å²) in [4.78, 5) is 0. The van der Waals surface area contributed by atoms with Crippen LogP contribution in [0.1, 0.15) is 20.8 Å². The minimum Gasteiger partial charge on any atom is -0.266 e. The molecule has 1 rings (SSSR count). The summed E-state index contributed by atoms with van der Waals surface area (Å²) < 4.78 is 25.1. The molecule has 5 nitrogen and oxygen atoms in total. The van der Waals surface area contributed by atoms with Gasteiger partial charge in [-0.1, -0.05) is 0 Å². The van der Waals surface area contributed by atoms with Gasteiger partial charge in [0.15, 0.2) is 5.03 Å². The Bertz CT molecular complexity index is 389. The van der Waals surface area contributed by atoms with Crippen LogP contribution in [-0.2, 0) is 10.0 Å². The van der Waals surface area contributed by atoms with Gasteiger partial charge in [0.1, 0.15) is 0 Å². The summed E-state index contributed by atoms with van der Waals surface area (Å²) in [6, 6.07) is 1.44. The Hall–Kier alpha value is -0.880. The zero-order chi connectivity index (χ0) is 11.0. The molecule has 0 aromatic carbocycles. The maximum absolute atomic E-state index is 11.9. The summed E-state index contributed by atoms with van der Waals surface area (Å²) >= 11 is 0. The second kappa shape index (κ2) is 3.36. The Balaban J connectivity index is 3.11. The fourth-order valence-electron chi connectivity index (χ4n) is 0.895. The molecule has 1 N–H and O–H groups in total. The molecule has 0 atom stereocenters. The van der Waals surface area contributed by atoms with E-state index in [-0.39, 0.29) is 5.03 Å². The Morgan fingerprint density at radius 1 is 1.43 bits per heavy atom. The average Bonchev–Trinajstić information content (AvgIpc) is 2.53. The lowest BCUT2D eigenvalue weighted by atomic mass is 10.1. The minimum atomic E-state index is -3.44.